The van der Waals surface area contributed by atoms with Crippen molar-refractivity contribution in [2.24, 2.45) is 0 Å². The first kappa shape index (κ1) is 22.7. The zero-order chi connectivity index (χ0) is 22.4. The predicted molar refractivity (Wildman–Crippen MR) is 122 cm³/mol. The van der Waals surface area contributed by atoms with E-state index in [0.29, 0.717) is 16.5 Å². The van der Waals surface area contributed by atoms with E-state index in [1.54, 1.807) is 55.6 Å². The van der Waals surface area contributed by atoms with E-state index in [-0.39, 0.29) is 10.9 Å². The lowest BCUT2D eigenvalue weighted by Gasteiger charge is -2.25. The lowest BCUT2D eigenvalue weighted by Crippen LogP contribution is -2.41. The number of rotatable bonds is 8. The van der Waals surface area contributed by atoms with Crippen molar-refractivity contribution in [1.82, 2.24) is 5.32 Å². The molecule has 1 N–H and O–H groups in total. The van der Waals surface area contributed by atoms with Gasteiger partial charge in [0.15, 0.2) is 0 Å². The van der Waals surface area contributed by atoms with E-state index in [2.05, 4.69) is 5.32 Å². The monoisotopic (exact) mass is 458 g/mol. The molecule has 0 aliphatic carbocycles. The summed E-state index contributed by atoms with van der Waals surface area (Å²) in [7, 11) is -2.40. The predicted octanol–water partition coefficient (Wildman–Crippen LogP) is 4.42. The molecular formula is C23H23ClN2O4S. The highest BCUT2D eigenvalue weighted by Gasteiger charge is 2.27. The molecule has 8 heteroatoms. The molecule has 0 heterocycles. The molecule has 0 bridgehead atoms. The first-order valence-corrected chi connectivity index (χ1v) is 11.4. The summed E-state index contributed by atoms with van der Waals surface area (Å²) in [5, 5.41) is 3.23. The number of amides is 1. The molecule has 0 aliphatic rings. The Morgan fingerprint density at radius 2 is 1.71 bits per heavy atom. The molecule has 3 aromatic carbocycles. The van der Waals surface area contributed by atoms with Gasteiger partial charge in [-0.2, -0.15) is 0 Å². The Labute approximate surface area is 187 Å². The normalized spacial score (nSPS) is 12.1. The van der Waals surface area contributed by atoms with Crippen molar-refractivity contribution in [2.75, 3.05) is 18.0 Å². The standard InChI is InChI=1S/C23H23ClN2O4S/c1-17(18-11-13-21(30-2)14-12-18)25-23(27)16-26(20-8-6-7-19(24)15-20)31(28,29)22-9-4-3-5-10-22/h3-15,17H,16H2,1-2H3,(H,25,27). The summed E-state index contributed by atoms with van der Waals surface area (Å²) in [6.45, 7) is 1.44. The molecule has 1 amide bonds. The van der Waals surface area contributed by atoms with Crippen LogP contribution in [0.2, 0.25) is 5.02 Å². The molecule has 1 unspecified atom stereocenters. The van der Waals surface area contributed by atoms with E-state index in [0.717, 1.165) is 9.87 Å². The number of ether oxygens (including phenoxy) is 1. The van der Waals surface area contributed by atoms with Gasteiger partial charge in [0.25, 0.3) is 10.0 Å². The molecular weight excluding hydrogens is 436 g/mol. The van der Waals surface area contributed by atoms with Crippen LogP contribution in [-0.4, -0.2) is 28.0 Å². The van der Waals surface area contributed by atoms with Crippen LogP contribution in [0.5, 0.6) is 5.75 Å². The number of hydrogen-bond donors (Lipinski definition) is 1. The zero-order valence-electron chi connectivity index (χ0n) is 17.2. The molecule has 0 saturated carbocycles. The van der Waals surface area contributed by atoms with E-state index in [1.807, 2.05) is 19.1 Å². The number of benzene rings is 3. The van der Waals surface area contributed by atoms with Gasteiger partial charge in [-0.25, -0.2) is 8.42 Å². The van der Waals surface area contributed by atoms with E-state index in [9.17, 15) is 13.2 Å². The van der Waals surface area contributed by atoms with Crippen LogP contribution in [0.1, 0.15) is 18.5 Å². The highest BCUT2D eigenvalue weighted by Crippen LogP contribution is 2.26. The Hall–Kier alpha value is -3.03. The van der Waals surface area contributed by atoms with E-state index in [1.165, 1.54) is 18.2 Å². The van der Waals surface area contributed by atoms with Gasteiger partial charge in [0.2, 0.25) is 5.91 Å². The number of sulfonamides is 1. The van der Waals surface area contributed by atoms with Crippen LogP contribution in [0.25, 0.3) is 0 Å². The van der Waals surface area contributed by atoms with Crippen molar-refractivity contribution < 1.29 is 17.9 Å². The highest BCUT2D eigenvalue weighted by molar-refractivity contribution is 7.92. The van der Waals surface area contributed by atoms with Gasteiger partial charge in [-0.15, -0.1) is 0 Å². The number of halogens is 1. The van der Waals surface area contributed by atoms with Crippen molar-refractivity contribution in [2.45, 2.75) is 17.9 Å². The second-order valence-corrected chi connectivity index (χ2v) is 9.17. The van der Waals surface area contributed by atoms with Crippen LogP contribution >= 0.6 is 11.6 Å². The van der Waals surface area contributed by atoms with E-state index in [4.69, 9.17) is 16.3 Å². The molecule has 1 atom stereocenters. The Morgan fingerprint density at radius 3 is 2.32 bits per heavy atom. The van der Waals surface area contributed by atoms with Gasteiger partial charge < -0.3 is 10.1 Å². The summed E-state index contributed by atoms with van der Waals surface area (Å²) < 4.78 is 32.8. The molecule has 3 rings (SSSR count). The molecule has 0 fully saturated rings. The number of carbonyl (C=O) groups is 1. The molecule has 0 aromatic heterocycles. The Bertz CT molecular complexity index is 1140. The maximum absolute atomic E-state index is 13.3. The molecule has 162 valence electrons. The van der Waals surface area contributed by atoms with Crippen molar-refractivity contribution >= 4 is 33.2 Å². The van der Waals surface area contributed by atoms with Crippen molar-refractivity contribution in [3.05, 3.63) is 89.4 Å². The lowest BCUT2D eigenvalue weighted by atomic mass is 10.1. The summed E-state index contributed by atoms with van der Waals surface area (Å²) in [5.74, 6) is 0.270. The first-order chi connectivity index (χ1) is 14.8. The second-order valence-electron chi connectivity index (χ2n) is 6.87. The van der Waals surface area contributed by atoms with Gasteiger partial charge in [-0.3, -0.25) is 9.10 Å². The van der Waals surface area contributed by atoms with Gasteiger partial charge in [0, 0.05) is 5.02 Å². The lowest BCUT2D eigenvalue weighted by molar-refractivity contribution is -0.120. The molecule has 6 nitrogen and oxygen atoms in total. The summed E-state index contributed by atoms with van der Waals surface area (Å²) in [4.78, 5) is 12.9. The summed E-state index contributed by atoms with van der Waals surface area (Å²) in [5.41, 5.74) is 1.18. The topological polar surface area (TPSA) is 75.7 Å². The fraction of sp³-hybridized carbons (Fsp3) is 0.174. The van der Waals surface area contributed by atoms with Crippen LogP contribution in [0, 0.1) is 0 Å². The number of carbonyl (C=O) groups excluding carboxylic acids is 1. The number of nitrogens with zero attached hydrogens (tertiary/aromatic N) is 1. The average Bonchev–Trinajstić information content (AvgIpc) is 2.78. The van der Waals surface area contributed by atoms with Gasteiger partial charge in [-0.05, 0) is 55.0 Å². The second kappa shape index (κ2) is 9.85. The number of hydrogen-bond acceptors (Lipinski definition) is 4. The number of methoxy groups -OCH3 is 1. The zero-order valence-corrected chi connectivity index (χ0v) is 18.7. The Morgan fingerprint density at radius 1 is 1.03 bits per heavy atom. The van der Waals surface area contributed by atoms with E-state index >= 15 is 0 Å². The Balaban J connectivity index is 1.85. The first-order valence-electron chi connectivity index (χ1n) is 9.58. The third-order valence-electron chi connectivity index (χ3n) is 4.71. The molecule has 0 radical (unpaired) electrons. The van der Waals surface area contributed by atoms with Crippen LogP contribution in [0.4, 0.5) is 5.69 Å². The molecule has 0 aliphatic heterocycles. The van der Waals surface area contributed by atoms with Gasteiger partial charge in [0.05, 0.1) is 23.7 Å². The minimum absolute atomic E-state index is 0.0889. The van der Waals surface area contributed by atoms with Crippen molar-refractivity contribution in [3.63, 3.8) is 0 Å². The molecule has 0 saturated heterocycles. The van der Waals surface area contributed by atoms with Crippen LogP contribution in [0.15, 0.2) is 83.8 Å². The Kier molecular flexibility index (Phi) is 7.20. The van der Waals surface area contributed by atoms with Gasteiger partial charge >= 0.3 is 0 Å². The molecule has 3 aromatic rings. The number of anilines is 1. The van der Waals surface area contributed by atoms with Crippen molar-refractivity contribution in [1.29, 1.82) is 0 Å². The molecule has 0 spiro atoms. The fourth-order valence-corrected chi connectivity index (χ4v) is 4.68. The maximum Gasteiger partial charge on any atom is 0.264 e. The third-order valence-corrected chi connectivity index (χ3v) is 6.73. The van der Waals surface area contributed by atoms with Crippen molar-refractivity contribution in [3.8, 4) is 5.75 Å². The van der Waals surface area contributed by atoms with Crippen LogP contribution in [-0.2, 0) is 14.8 Å². The van der Waals surface area contributed by atoms with Gasteiger partial charge in [-0.1, -0.05) is 48.0 Å². The summed E-state index contributed by atoms with van der Waals surface area (Å²) in [6, 6.07) is 21.4. The SMILES string of the molecule is COc1ccc(C(C)NC(=O)CN(c2cccc(Cl)c2)S(=O)(=O)c2ccccc2)cc1. The highest BCUT2D eigenvalue weighted by atomic mass is 35.5. The summed E-state index contributed by atoms with van der Waals surface area (Å²) in [6.07, 6.45) is 0. The minimum Gasteiger partial charge on any atom is -0.497 e. The largest absolute Gasteiger partial charge is 0.497 e. The fourth-order valence-electron chi connectivity index (χ4n) is 3.06. The van der Waals surface area contributed by atoms with Crippen LogP contribution < -0.4 is 14.4 Å². The maximum atomic E-state index is 13.3. The quantitative estimate of drug-likeness (QED) is 0.542. The van der Waals surface area contributed by atoms with E-state index < -0.39 is 22.5 Å². The van der Waals surface area contributed by atoms with Crippen LogP contribution in [0.3, 0.4) is 0 Å². The van der Waals surface area contributed by atoms with Gasteiger partial charge in [0.1, 0.15) is 12.3 Å². The summed E-state index contributed by atoms with van der Waals surface area (Å²) >= 11 is 6.08. The number of nitrogens with one attached hydrogen (secondary N) is 1. The average molecular weight is 459 g/mol. The minimum atomic E-state index is -3.98. The molecule has 31 heavy (non-hydrogen) atoms. The third kappa shape index (κ3) is 5.57. The smallest absolute Gasteiger partial charge is 0.264 e.